The molecule has 1 aliphatic rings. The summed E-state index contributed by atoms with van der Waals surface area (Å²) in [7, 11) is 0. The molecule has 0 bridgehead atoms. The highest BCUT2D eigenvalue weighted by atomic mass is 127. The van der Waals surface area contributed by atoms with E-state index in [0.717, 1.165) is 9.13 Å². The molecule has 3 rings (SSSR count). The van der Waals surface area contributed by atoms with E-state index >= 15 is 0 Å². The van der Waals surface area contributed by atoms with Crippen LogP contribution in [0.3, 0.4) is 0 Å². The van der Waals surface area contributed by atoms with Gasteiger partial charge >= 0.3 is 0 Å². The number of carbonyl (C=O) groups excluding carboxylic acids is 1. The van der Waals surface area contributed by atoms with Crippen LogP contribution in [0.1, 0.15) is 15.9 Å². The van der Waals surface area contributed by atoms with Gasteiger partial charge < -0.3 is 4.74 Å². The summed E-state index contributed by atoms with van der Waals surface area (Å²) >= 11 is 2.27. The summed E-state index contributed by atoms with van der Waals surface area (Å²) < 4.78 is 6.75. The third kappa shape index (κ3) is 2.42. The van der Waals surface area contributed by atoms with Gasteiger partial charge in [0, 0.05) is 9.14 Å². The Hall–Kier alpha value is -1.62. The molecule has 0 aromatic heterocycles. The fourth-order valence-electron chi connectivity index (χ4n) is 2.06. The number of Topliss-reactive ketones (excluding diaryl/α,β-unsaturated/α-hetero) is 1. The molecular weight excluding hydrogens is 351 g/mol. The van der Waals surface area contributed by atoms with E-state index in [1.54, 1.807) is 6.07 Å². The van der Waals surface area contributed by atoms with E-state index in [0.29, 0.717) is 23.5 Å². The Morgan fingerprint density at radius 1 is 1.05 bits per heavy atom. The summed E-state index contributed by atoms with van der Waals surface area (Å²) in [6.45, 7) is 0.334. The number of fused-ring (bicyclic) bond motifs is 1. The van der Waals surface area contributed by atoms with Crippen LogP contribution in [-0.4, -0.2) is 12.4 Å². The molecule has 0 spiro atoms. The lowest BCUT2D eigenvalue weighted by Crippen LogP contribution is -2.18. The third-order valence-corrected chi connectivity index (χ3v) is 4.02. The van der Waals surface area contributed by atoms with Crippen molar-refractivity contribution >= 4 is 34.5 Å². The molecule has 0 aliphatic carbocycles. The molecule has 2 aromatic carbocycles. The second-order valence-corrected chi connectivity index (χ2v) is 5.47. The zero-order chi connectivity index (χ0) is 13.2. The Morgan fingerprint density at radius 3 is 2.63 bits per heavy atom. The summed E-state index contributed by atoms with van der Waals surface area (Å²) in [6, 6.07) is 15.3. The molecule has 2 aromatic rings. The minimum atomic E-state index is 0.0569. The van der Waals surface area contributed by atoms with Gasteiger partial charge in [0.15, 0.2) is 5.78 Å². The Bertz CT molecular complexity index is 674. The van der Waals surface area contributed by atoms with Crippen LogP contribution in [0.2, 0.25) is 0 Å². The van der Waals surface area contributed by atoms with Gasteiger partial charge in [-0.15, -0.1) is 0 Å². The molecule has 3 heteroatoms. The smallest absolute Gasteiger partial charge is 0.196 e. The van der Waals surface area contributed by atoms with Crippen molar-refractivity contribution < 1.29 is 9.53 Å². The lowest BCUT2D eigenvalue weighted by atomic mass is 9.98. The van der Waals surface area contributed by atoms with Crippen LogP contribution in [0.5, 0.6) is 5.75 Å². The normalized spacial score (nSPS) is 16.1. The van der Waals surface area contributed by atoms with Crippen LogP contribution >= 0.6 is 22.6 Å². The van der Waals surface area contributed by atoms with E-state index in [1.807, 2.05) is 48.5 Å². The minimum absolute atomic E-state index is 0.0569. The van der Waals surface area contributed by atoms with E-state index in [-0.39, 0.29) is 5.78 Å². The van der Waals surface area contributed by atoms with Crippen LogP contribution in [0.25, 0.3) is 6.08 Å². The van der Waals surface area contributed by atoms with Crippen molar-refractivity contribution in [2.75, 3.05) is 6.61 Å². The molecular formula is C16H11IO2. The lowest BCUT2D eigenvalue weighted by molar-refractivity contribution is 0.100. The van der Waals surface area contributed by atoms with E-state index in [9.17, 15) is 4.79 Å². The molecule has 0 N–H and O–H groups in total. The second kappa shape index (κ2) is 5.17. The van der Waals surface area contributed by atoms with Gasteiger partial charge in [-0.05, 0) is 52.4 Å². The molecule has 0 radical (unpaired) electrons. The topological polar surface area (TPSA) is 26.3 Å². The first-order chi connectivity index (χ1) is 9.25. The summed E-state index contributed by atoms with van der Waals surface area (Å²) in [5, 5.41) is 0. The average Bonchev–Trinajstić information content (AvgIpc) is 2.44. The first-order valence-electron chi connectivity index (χ1n) is 5.97. The molecule has 0 saturated carbocycles. The molecule has 0 unspecified atom stereocenters. The number of hydrogen-bond acceptors (Lipinski definition) is 2. The number of hydrogen-bond donors (Lipinski definition) is 0. The van der Waals surface area contributed by atoms with Crippen molar-refractivity contribution in [1.29, 1.82) is 0 Å². The van der Waals surface area contributed by atoms with E-state index in [4.69, 9.17) is 4.74 Å². The van der Waals surface area contributed by atoms with Crippen LogP contribution in [0.15, 0.2) is 54.1 Å². The monoisotopic (exact) mass is 362 g/mol. The largest absolute Gasteiger partial charge is 0.488 e. The Morgan fingerprint density at radius 2 is 1.79 bits per heavy atom. The van der Waals surface area contributed by atoms with E-state index in [1.165, 1.54) is 0 Å². The van der Waals surface area contributed by atoms with Gasteiger partial charge in [0.1, 0.15) is 12.4 Å². The predicted molar refractivity (Wildman–Crippen MR) is 83.4 cm³/mol. The van der Waals surface area contributed by atoms with Gasteiger partial charge in [0.25, 0.3) is 0 Å². The number of ether oxygens (including phenoxy) is 1. The van der Waals surface area contributed by atoms with Gasteiger partial charge in [-0.3, -0.25) is 4.79 Å². The van der Waals surface area contributed by atoms with Crippen LogP contribution in [-0.2, 0) is 0 Å². The minimum Gasteiger partial charge on any atom is -0.488 e. The highest BCUT2D eigenvalue weighted by Crippen LogP contribution is 2.28. The Balaban J connectivity index is 2.01. The maximum atomic E-state index is 12.4. The van der Waals surface area contributed by atoms with Gasteiger partial charge in [0.2, 0.25) is 0 Å². The van der Waals surface area contributed by atoms with Gasteiger partial charge in [-0.25, -0.2) is 0 Å². The number of rotatable bonds is 1. The first kappa shape index (κ1) is 12.4. The molecule has 1 heterocycles. The first-order valence-corrected chi connectivity index (χ1v) is 7.05. The maximum absolute atomic E-state index is 12.4. The highest BCUT2D eigenvalue weighted by molar-refractivity contribution is 14.1. The van der Waals surface area contributed by atoms with Gasteiger partial charge in [-0.2, -0.15) is 0 Å². The highest BCUT2D eigenvalue weighted by Gasteiger charge is 2.22. The number of ketones is 1. The van der Waals surface area contributed by atoms with Crippen molar-refractivity contribution in [3.8, 4) is 5.75 Å². The number of para-hydroxylation sites is 1. The van der Waals surface area contributed by atoms with Crippen molar-refractivity contribution in [3.63, 3.8) is 0 Å². The Kier molecular flexibility index (Phi) is 3.38. The van der Waals surface area contributed by atoms with Crippen LogP contribution < -0.4 is 4.74 Å². The fourth-order valence-corrected chi connectivity index (χ4v) is 2.60. The standard InChI is InChI=1S/C16H11IO2/c17-14-7-3-1-5-11(14)9-12-10-19-15-8-4-2-6-13(15)16(12)18/h1-9H,10H2/b12-9+. The van der Waals surface area contributed by atoms with E-state index < -0.39 is 0 Å². The molecule has 0 saturated heterocycles. The van der Waals surface area contributed by atoms with Crippen LogP contribution in [0, 0.1) is 3.57 Å². The zero-order valence-electron chi connectivity index (χ0n) is 10.1. The summed E-state index contributed by atoms with van der Waals surface area (Å²) in [4.78, 5) is 12.4. The van der Waals surface area contributed by atoms with Crippen LogP contribution in [0.4, 0.5) is 0 Å². The number of carbonyl (C=O) groups is 1. The molecule has 19 heavy (non-hydrogen) atoms. The molecule has 94 valence electrons. The Labute approximate surface area is 125 Å². The second-order valence-electron chi connectivity index (χ2n) is 4.31. The van der Waals surface area contributed by atoms with Crippen molar-refractivity contribution in [3.05, 3.63) is 68.8 Å². The SMILES string of the molecule is O=C1/C(=C/c2ccccc2I)COc2ccccc21. The fraction of sp³-hybridized carbons (Fsp3) is 0.0625. The van der Waals surface area contributed by atoms with Crippen molar-refractivity contribution in [1.82, 2.24) is 0 Å². The predicted octanol–water partition coefficient (Wildman–Crippen LogP) is 3.95. The summed E-state index contributed by atoms with van der Waals surface area (Å²) in [5.74, 6) is 0.730. The average molecular weight is 362 g/mol. The van der Waals surface area contributed by atoms with Gasteiger partial charge in [0.05, 0.1) is 5.56 Å². The number of benzene rings is 2. The molecule has 0 fully saturated rings. The summed E-state index contributed by atoms with van der Waals surface area (Å²) in [5.41, 5.74) is 2.39. The molecule has 0 atom stereocenters. The lowest BCUT2D eigenvalue weighted by Gasteiger charge is -2.18. The van der Waals surface area contributed by atoms with Crippen molar-refractivity contribution in [2.45, 2.75) is 0 Å². The number of halogens is 1. The van der Waals surface area contributed by atoms with Gasteiger partial charge in [-0.1, -0.05) is 30.3 Å². The maximum Gasteiger partial charge on any atom is 0.196 e. The quantitative estimate of drug-likeness (QED) is 0.567. The third-order valence-electron chi connectivity index (χ3n) is 3.04. The zero-order valence-corrected chi connectivity index (χ0v) is 12.3. The molecule has 2 nitrogen and oxygen atoms in total. The van der Waals surface area contributed by atoms with E-state index in [2.05, 4.69) is 22.6 Å². The van der Waals surface area contributed by atoms with Crippen molar-refractivity contribution in [2.24, 2.45) is 0 Å². The molecule has 1 aliphatic heterocycles. The summed E-state index contributed by atoms with van der Waals surface area (Å²) in [6.07, 6.45) is 1.92. The molecule has 0 amide bonds.